The van der Waals surface area contributed by atoms with Gasteiger partial charge in [-0.1, -0.05) is 13.0 Å². The summed E-state index contributed by atoms with van der Waals surface area (Å²) >= 11 is 0. The van der Waals surface area contributed by atoms with Crippen molar-refractivity contribution in [1.82, 2.24) is 9.88 Å². The van der Waals surface area contributed by atoms with Crippen LogP contribution in [0.15, 0.2) is 18.2 Å². The topological polar surface area (TPSA) is 42.1 Å². The highest BCUT2D eigenvalue weighted by Gasteiger charge is 2.29. The van der Waals surface area contributed by atoms with Crippen LogP contribution in [0.2, 0.25) is 0 Å². The molecule has 0 spiro atoms. The van der Waals surface area contributed by atoms with Crippen LogP contribution >= 0.6 is 0 Å². The lowest BCUT2D eigenvalue weighted by Crippen LogP contribution is -2.38. The molecule has 2 atom stereocenters. The Morgan fingerprint density at radius 1 is 1.50 bits per heavy atom. The molecule has 3 heteroatoms. The molecule has 2 heterocycles. The molecule has 0 aliphatic carbocycles. The van der Waals surface area contributed by atoms with Crippen molar-refractivity contribution >= 4 is 0 Å². The molecule has 3 nitrogen and oxygen atoms in total. The molecular weight excluding hydrogens is 198 g/mol. The average Bonchev–Trinajstić information content (AvgIpc) is 2.59. The summed E-state index contributed by atoms with van der Waals surface area (Å²) in [5, 5.41) is 0. The fraction of sp³-hybridized carbons (Fsp3) is 0.615. The van der Waals surface area contributed by atoms with Crippen LogP contribution in [0.3, 0.4) is 0 Å². The molecule has 0 saturated carbocycles. The zero-order valence-corrected chi connectivity index (χ0v) is 10.2. The summed E-state index contributed by atoms with van der Waals surface area (Å²) in [7, 11) is 0. The molecule has 2 unspecified atom stereocenters. The van der Waals surface area contributed by atoms with E-state index in [9.17, 15) is 0 Å². The van der Waals surface area contributed by atoms with E-state index < -0.39 is 0 Å². The van der Waals surface area contributed by atoms with Crippen molar-refractivity contribution < 1.29 is 0 Å². The first-order valence-corrected chi connectivity index (χ1v) is 6.07. The zero-order valence-electron chi connectivity index (χ0n) is 10.2. The first-order chi connectivity index (χ1) is 7.70. The van der Waals surface area contributed by atoms with E-state index in [0.29, 0.717) is 6.04 Å². The summed E-state index contributed by atoms with van der Waals surface area (Å²) < 4.78 is 0. The van der Waals surface area contributed by atoms with Gasteiger partial charge in [0.05, 0.1) is 5.69 Å². The number of aromatic nitrogens is 1. The van der Waals surface area contributed by atoms with E-state index in [1.807, 2.05) is 13.0 Å². The number of aryl methyl sites for hydroxylation is 1. The Morgan fingerprint density at radius 3 is 3.00 bits per heavy atom. The number of rotatable bonds is 3. The first-order valence-electron chi connectivity index (χ1n) is 6.07. The van der Waals surface area contributed by atoms with E-state index in [1.54, 1.807) is 0 Å². The minimum atomic E-state index is 0.530. The fourth-order valence-corrected chi connectivity index (χ4v) is 2.56. The molecule has 1 fully saturated rings. The molecule has 2 N–H and O–H groups in total. The van der Waals surface area contributed by atoms with Crippen molar-refractivity contribution in [2.75, 3.05) is 13.1 Å². The number of hydrogen-bond acceptors (Lipinski definition) is 3. The van der Waals surface area contributed by atoms with Crippen LogP contribution in [-0.4, -0.2) is 29.0 Å². The van der Waals surface area contributed by atoms with Gasteiger partial charge in [-0.2, -0.15) is 0 Å². The number of nitrogens with two attached hydrogens (primary N) is 1. The van der Waals surface area contributed by atoms with Gasteiger partial charge in [-0.05, 0) is 37.9 Å². The predicted molar refractivity (Wildman–Crippen MR) is 66.0 cm³/mol. The molecule has 0 amide bonds. The number of nitrogens with zero attached hydrogens (tertiary/aromatic N) is 2. The van der Waals surface area contributed by atoms with E-state index >= 15 is 0 Å². The average molecular weight is 219 g/mol. The van der Waals surface area contributed by atoms with Gasteiger partial charge in [0, 0.05) is 24.8 Å². The van der Waals surface area contributed by atoms with Crippen molar-refractivity contribution in [2.45, 2.75) is 32.9 Å². The molecule has 1 saturated heterocycles. The Bertz CT molecular complexity index is 351. The first kappa shape index (κ1) is 11.6. The SMILES string of the molecule is Cc1cccc(CN2CCC(C)C2CN)n1. The largest absolute Gasteiger partial charge is 0.329 e. The highest BCUT2D eigenvalue weighted by Crippen LogP contribution is 2.24. The third-order valence-corrected chi connectivity index (χ3v) is 3.55. The van der Waals surface area contributed by atoms with Crippen LogP contribution in [0.4, 0.5) is 0 Å². The van der Waals surface area contributed by atoms with Gasteiger partial charge < -0.3 is 5.73 Å². The summed E-state index contributed by atoms with van der Waals surface area (Å²) in [6, 6.07) is 6.75. The van der Waals surface area contributed by atoms with Gasteiger partial charge in [0.15, 0.2) is 0 Å². The van der Waals surface area contributed by atoms with Crippen LogP contribution in [0.25, 0.3) is 0 Å². The molecule has 0 bridgehead atoms. The van der Waals surface area contributed by atoms with Gasteiger partial charge in [-0.15, -0.1) is 0 Å². The quantitative estimate of drug-likeness (QED) is 0.839. The zero-order chi connectivity index (χ0) is 11.5. The maximum Gasteiger partial charge on any atom is 0.0547 e. The lowest BCUT2D eigenvalue weighted by molar-refractivity contribution is 0.226. The molecule has 0 radical (unpaired) electrons. The van der Waals surface area contributed by atoms with E-state index in [0.717, 1.165) is 36.9 Å². The number of pyridine rings is 1. The van der Waals surface area contributed by atoms with Gasteiger partial charge in [0.1, 0.15) is 0 Å². The third-order valence-electron chi connectivity index (χ3n) is 3.55. The van der Waals surface area contributed by atoms with Gasteiger partial charge in [0.25, 0.3) is 0 Å². The van der Waals surface area contributed by atoms with Crippen LogP contribution < -0.4 is 5.73 Å². The van der Waals surface area contributed by atoms with Crippen LogP contribution in [-0.2, 0) is 6.54 Å². The second-order valence-electron chi connectivity index (χ2n) is 4.81. The lowest BCUT2D eigenvalue weighted by Gasteiger charge is -2.25. The fourth-order valence-electron chi connectivity index (χ4n) is 2.56. The highest BCUT2D eigenvalue weighted by molar-refractivity contribution is 5.10. The molecule has 0 aromatic carbocycles. The molecule has 16 heavy (non-hydrogen) atoms. The number of likely N-dealkylation sites (tertiary alicyclic amines) is 1. The normalized spacial score (nSPS) is 26.2. The molecule has 2 rings (SSSR count). The summed E-state index contributed by atoms with van der Waals surface area (Å²) in [4.78, 5) is 7.01. The Hall–Kier alpha value is -0.930. The summed E-state index contributed by atoms with van der Waals surface area (Å²) in [5.74, 6) is 0.717. The maximum atomic E-state index is 5.84. The van der Waals surface area contributed by atoms with Crippen molar-refractivity contribution in [2.24, 2.45) is 11.7 Å². The van der Waals surface area contributed by atoms with Crippen LogP contribution in [0, 0.1) is 12.8 Å². The lowest BCUT2D eigenvalue weighted by atomic mass is 10.0. The van der Waals surface area contributed by atoms with Gasteiger partial charge in [-0.3, -0.25) is 9.88 Å². The summed E-state index contributed by atoms with van der Waals surface area (Å²) in [6.45, 7) is 7.18. The Balaban J connectivity index is 2.04. The minimum absolute atomic E-state index is 0.530. The van der Waals surface area contributed by atoms with E-state index in [2.05, 4.69) is 28.9 Å². The number of hydrogen-bond donors (Lipinski definition) is 1. The third kappa shape index (κ3) is 2.42. The second-order valence-corrected chi connectivity index (χ2v) is 4.81. The second kappa shape index (κ2) is 4.93. The van der Waals surface area contributed by atoms with Crippen molar-refractivity contribution in [3.63, 3.8) is 0 Å². The predicted octanol–water partition coefficient (Wildman–Crippen LogP) is 1.56. The Labute approximate surface area is 97.7 Å². The smallest absolute Gasteiger partial charge is 0.0547 e. The molecule has 1 aliphatic heterocycles. The van der Waals surface area contributed by atoms with E-state index in [4.69, 9.17) is 5.73 Å². The maximum absolute atomic E-state index is 5.84. The van der Waals surface area contributed by atoms with E-state index in [1.165, 1.54) is 6.42 Å². The van der Waals surface area contributed by atoms with Crippen LogP contribution in [0.1, 0.15) is 24.7 Å². The summed E-state index contributed by atoms with van der Waals surface area (Å²) in [6.07, 6.45) is 1.26. The summed E-state index contributed by atoms with van der Waals surface area (Å²) in [5.41, 5.74) is 8.09. The molecule has 1 aromatic heterocycles. The van der Waals surface area contributed by atoms with Gasteiger partial charge in [0.2, 0.25) is 0 Å². The minimum Gasteiger partial charge on any atom is -0.329 e. The molecule has 88 valence electrons. The van der Waals surface area contributed by atoms with Gasteiger partial charge in [-0.25, -0.2) is 0 Å². The monoisotopic (exact) mass is 219 g/mol. The molecule has 1 aliphatic rings. The van der Waals surface area contributed by atoms with Crippen LogP contribution in [0.5, 0.6) is 0 Å². The standard InChI is InChI=1S/C13H21N3/c1-10-6-7-16(13(10)8-14)9-12-5-3-4-11(2)15-12/h3-5,10,13H,6-9,14H2,1-2H3. The molecular formula is C13H21N3. The van der Waals surface area contributed by atoms with Crippen molar-refractivity contribution in [3.8, 4) is 0 Å². The highest BCUT2D eigenvalue weighted by atomic mass is 15.2. The van der Waals surface area contributed by atoms with E-state index in [-0.39, 0.29) is 0 Å². The Kier molecular flexibility index (Phi) is 3.56. The van der Waals surface area contributed by atoms with Gasteiger partial charge >= 0.3 is 0 Å². The van der Waals surface area contributed by atoms with Crippen molar-refractivity contribution in [3.05, 3.63) is 29.6 Å². The van der Waals surface area contributed by atoms with Crippen molar-refractivity contribution in [1.29, 1.82) is 0 Å². The Morgan fingerprint density at radius 2 is 2.31 bits per heavy atom. The molecule has 1 aromatic rings.